The van der Waals surface area contributed by atoms with Crippen LogP contribution in [0.25, 0.3) is 11.4 Å². The number of hydrogen-bond acceptors (Lipinski definition) is 3. The van der Waals surface area contributed by atoms with Gasteiger partial charge in [-0.3, -0.25) is 0 Å². The van der Waals surface area contributed by atoms with Gasteiger partial charge in [-0.1, -0.05) is 90.9 Å². The van der Waals surface area contributed by atoms with Crippen LogP contribution in [-0.4, -0.2) is 16.6 Å². The highest BCUT2D eigenvalue weighted by molar-refractivity contribution is 5.55. The highest BCUT2D eigenvalue weighted by atomic mass is 16.5. The molecule has 1 fully saturated rings. The highest BCUT2D eigenvalue weighted by Gasteiger charge is 2.21. The molecule has 3 nitrogen and oxygen atoms in total. The molecule has 188 valence electrons. The topological polar surface area (TPSA) is 35.0 Å². The SMILES string of the molecule is CCCCCCCCCc1cnc(-c2ccc(OC[C@H]3CC[C@H](CCCCC)CC3)cc2)nc1. The Bertz CT molecular complexity index is 763. The van der Waals surface area contributed by atoms with E-state index in [1.807, 2.05) is 12.4 Å². The molecule has 1 aliphatic rings. The van der Waals surface area contributed by atoms with Crippen molar-refractivity contribution < 1.29 is 4.74 Å². The van der Waals surface area contributed by atoms with Gasteiger partial charge in [0.1, 0.15) is 5.75 Å². The van der Waals surface area contributed by atoms with Gasteiger partial charge >= 0.3 is 0 Å². The molecule has 0 amide bonds. The summed E-state index contributed by atoms with van der Waals surface area (Å²) in [7, 11) is 0. The molecule has 0 saturated heterocycles. The Labute approximate surface area is 209 Å². The maximum atomic E-state index is 6.13. The average Bonchev–Trinajstić information content (AvgIpc) is 2.88. The van der Waals surface area contributed by atoms with Gasteiger partial charge in [0.15, 0.2) is 5.82 Å². The van der Waals surface area contributed by atoms with E-state index in [9.17, 15) is 0 Å². The van der Waals surface area contributed by atoms with Gasteiger partial charge < -0.3 is 4.74 Å². The van der Waals surface area contributed by atoms with E-state index in [4.69, 9.17) is 4.74 Å². The summed E-state index contributed by atoms with van der Waals surface area (Å²) in [5.74, 6) is 3.44. The first-order valence-corrected chi connectivity index (χ1v) is 14.3. The predicted molar refractivity (Wildman–Crippen MR) is 144 cm³/mol. The standard InChI is InChI=1S/C31H48N2O/c1-3-5-7-8-9-10-12-14-28-23-32-31(33-24-28)29-19-21-30(22-20-29)34-25-27-17-15-26(16-18-27)13-11-6-4-2/h19-24,26-27H,3-18,25H2,1-2H3/t26-,27-. The molecule has 0 radical (unpaired) electrons. The van der Waals surface area contributed by atoms with Gasteiger partial charge in [0.05, 0.1) is 6.61 Å². The fourth-order valence-electron chi connectivity index (χ4n) is 5.20. The van der Waals surface area contributed by atoms with E-state index in [1.54, 1.807) is 0 Å². The van der Waals surface area contributed by atoms with Gasteiger partial charge in [0.25, 0.3) is 0 Å². The number of unbranched alkanes of at least 4 members (excludes halogenated alkanes) is 8. The van der Waals surface area contributed by atoms with Crippen LogP contribution in [0.2, 0.25) is 0 Å². The molecule has 1 heterocycles. The molecule has 0 aliphatic heterocycles. The summed E-state index contributed by atoms with van der Waals surface area (Å²) in [6, 6.07) is 8.32. The Kier molecular flexibility index (Phi) is 12.5. The highest BCUT2D eigenvalue weighted by Crippen LogP contribution is 2.32. The van der Waals surface area contributed by atoms with Crippen LogP contribution in [0.1, 0.15) is 116 Å². The quantitative estimate of drug-likeness (QED) is 0.232. The molecule has 3 rings (SSSR count). The van der Waals surface area contributed by atoms with E-state index in [0.717, 1.165) is 36.1 Å². The summed E-state index contributed by atoms with van der Waals surface area (Å²) >= 11 is 0. The van der Waals surface area contributed by atoms with Crippen molar-refractivity contribution in [1.82, 2.24) is 9.97 Å². The molecule has 3 heteroatoms. The predicted octanol–water partition coefficient (Wildman–Crippen LogP) is 9.20. The van der Waals surface area contributed by atoms with Crippen molar-refractivity contribution in [2.75, 3.05) is 6.61 Å². The van der Waals surface area contributed by atoms with Crippen LogP contribution >= 0.6 is 0 Å². The lowest BCUT2D eigenvalue weighted by Gasteiger charge is -2.28. The summed E-state index contributed by atoms with van der Waals surface area (Å²) in [6.07, 6.45) is 25.5. The molecule has 0 bridgehead atoms. The lowest BCUT2D eigenvalue weighted by molar-refractivity contribution is 0.177. The largest absolute Gasteiger partial charge is 0.493 e. The van der Waals surface area contributed by atoms with Crippen LogP contribution in [0.5, 0.6) is 5.75 Å². The third kappa shape index (κ3) is 9.76. The van der Waals surface area contributed by atoms with E-state index >= 15 is 0 Å². The maximum absolute atomic E-state index is 6.13. The second-order valence-corrected chi connectivity index (χ2v) is 10.5. The van der Waals surface area contributed by atoms with Crippen LogP contribution in [0.15, 0.2) is 36.7 Å². The van der Waals surface area contributed by atoms with Crippen molar-refractivity contribution >= 4 is 0 Å². The Hall–Kier alpha value is -1.90. The molecule has 0 spiro atoms. The number of hydrogen-bond donors (Lipinski definition) is 0. The third-order valence-electron chi connectivity index (χ3n) is 7.55. The maximum Gasteiger partial charge on any atom is 0.159 e. The minimum Gasteiger partial charge on any atom is -0.493 e. The van der Waals surface area contributed by atoms with Gasteiger partial charge in [-0.2, -0.15) is 0 Å². The van der Waals surface area contributed by atoms with E-state index in [2.05, 4.69) is 48.1 Å². The number of aromatic nitrogens is 2. The summed E-state index contributed by atoms with van der Waals surface area (Å²) in [4.78, 5) is 9.24. The van der Waals surface area contributed by atoms with E-state index in [-0.39, 0.29) is 0 Å². The Morgan fingerprint density at radius 1 is 0.706 bits per heavy atom. The zero-order valence-electron chi connectivity index (χ0n) is 21.9. The van der Waals surface area contributed by atoms with Crippen LogP contribution in [0.3, 0.4) is 0 Å². The smallest absolute Gasteiger partial charge is 0.159 e. The first-order chi connectivity index (χ1) is 16.8. The zero-order chi connectivity index (χ0) is 23.8. The van der Waals surface area contributed by atoms with Gasteiger partial charge in [-0.15, -0.1) is 0 Å². The molecular formula is C31H48N2O. The van der Waals surface area contributed by atoms with E-state index in [0.29, 0.717) is 5.92 Å². The lowest BCUT2D eigenvalue weighted by atomic mass is 9.80. The molecule has 1 aliphatic carbocycles. The van der Waals surface area contributed by atoms with Crippen LogP contribution in [0.4, 0.5) is 0 Å². The van der Waals surface area contributed by atoms with Crippen LogP contribution in [0, 0.1) is 11.8 Å². The summed E-state index contributed by atoms with van der Waals surface area (Å²) in [6.45, 7) is 5.42. The second kappa shape index (κ2) is 15.9. The van der Waals surface area contributed by atoms with Gasteiger partial charge in [-0.05, 0) is 67.3 Å². The van der Waals surface area contributed by atoms with Crippen molar-refractivity contribution in [2.45, 2.75) is 117 Å². The van der Waals surface area contributed by atoms with E-state index < -0.39 is 0 Å². The molecule has 1 saturated carbocycles. The van der Waals surface area contributed by atoms with Crippen molar-refractivity contribution in [3.63, 3.8) is 0 Å². The molecule has 1 aromatic heterocycles. The monoisotopic (exact) mass is 464 g/mol. The normalized spacial score (nSPS) is 18.2. The number of rotatable bonds is 16. The van der Waals surface area contributed by atoms with Crippen molar-refractivity contribution in [2.24, 2.45) is 11.8 Å². The van der Waals surface area contributed by atoms with Crippen LogP contribution < -0.4 is 4.74 Å². The molecular weight excluding hydrogens is 416 g/mol. The molecule has 0 atom stereocenters. The zero-order valence-corrected chi connectivity index (χ0v) is 21.9. The molecule has 0 unspecified atom stereocenters. The van der Waals surface area contributed by atoms with Gasteiger partial charge in [0.2, 0.25) is 0 Å². The number of nitrogens with zero attached hydrogens (tertiary/aromatic N) is 2. The third-order valence-corrected chi connectivity index (χ3v) is 7.55. The summed E-state index contributed by atoms with van der Waals surface area (Å²) < 4.78 is 6.13. The van der Waals surface area contributed by atoms with Crippen molar-refractivity contribution in [3.05, 3.63) is 42.2 Å². The lowest BCUT2D eigenvalue weighted by Crippen LogP contribution is -2.20. The molecule has 1 aromatic carbocycles. The molecule has 2 aromatic rings. The fourth-order valence-corrected chi connectivity index (χ4v) is 5.20. The minimum atomic E-state index is 0.717. The van der Waals surface area contributed by atoms with Crippen LogP contribution in [-0.2, 0) is 6.42 Å². The fraction of sp³-hybridized carbons (Fsp3) is 0.677. The first-order valence-electron chi connectivity index (χ1n) is 14.3. The first kappa shape index (κ1) is 26.7. The summed E-state index contributed by atoms with van der Waals surface area (Å²) in [5, 5.41) is 0. The van der Waals surface area contributed by atoms with E-state index in [1.165, 1.54) is 102 Å². The number of aryl methyl sites for hydroxylation is 1. The second-order valence-electron chi connectivity index (χ2n) is 10.5. The Morgan fingerprint density at radius 2 is 1.29 bits per heavy atom. The molecule has 34 heavy (non-hydrogen) atoms. The van der Waals surface area contributed by atoms with Crippen molar-refractivity contribution in [1.29, 1.82) is 0 Å². The number of benzene rings is 1. The Morgan fingerprint density at radius 3 is 1.97 bits per heavy atom. The minimum absolute atomic E-state index is 0.717. The van der Waals surface area contributed by atoms with Crippen molar-refractivity contribution in [3.8, 4) is 17.1 Å². The van der Waals surface area contributed by atoms with Gasteiger partial charge in [0, 0.05) is 18.0 Å². The average molecular weight is 465 g/mol. The van der Waals surface area contributed by atoms with Gasteiger partial charge in [-0.25, -0.2) is 9.97 Å². The summed E-state index contributed by atoms with van der Waals surface area (Å²) in [5.41, 5.74) is 2.31. The Balaban J connectivity index is 1.34. The number of ether oxygens (including phenoxy) is 1. The molecule has 0 N–H and O–H groups in total.